The van der Waals surface area contributed by atoms with E-state index >= 15 is 0 Å². The average Bonchev–Trinajstić information content (AvgIpc) is 2.67. The molecule has 3 heteroatoms. The Morgan fingerprint density at radius 3 is 2.28 bits per heavy atom. The molecule has 3 nitrogen and oxygen atoms in total. The third kappa shape index (κ3) is 5.32. The summed E-state index contributed by atoms with van der Waals surface area (Å²) in [6.07, 6.45) is 1.71. The highest BCUT2D eigenvalue weighted by molar-refractivity contribution is 5.29. The molecule has 1 heterocycles. The Balaban J connectivity index is 1.66. The lowest BCUT2D eigenvalue weighted by Crippen LogP contribution is -2.34. The van der Waals surface area contributed by atoms with Crippen molar-refractivity contribution in [3.8, 4) is 5.75 Å². The van der Waals surface area contributed by atoms with Crippen molar-refractivity contribution >= 4 is 0 Å². The minimum atomic E-state index is -0.242. The van der Waals surface area contributed by atoms with Crippen LogP contribution in [0.25, 0.3) is 0 Å². The first-order valence-electron chi connectivity index (χ1n) is 9.22. The van der Waals surface area contributed by atoms with Crippen LogP contribution in [0, 0.1) is 5.92 Å². The minimum absolute atomic E-state index is 0.242. The van der Waals surface area contributed by atoms with E-state index in [0.717, 1.165) is 31.8 Å². The smallest absolute Gasteiger partial charge is 0.203 e. The predicted molar refractivity (Wildman–Crippen MR) is 99.7 cm³/mol. The molecule has 0 N–H and O–H groups in total. The van der Waals surface area contributed by atoms with Crippen LogP contribution < -0.4 is 4.74 Å². The van der Waals surface area contributed by atoms with E-state index in [1.54, 1.807) is 0 Å². The monoisotopic (exact) mass is 340 g/mol. The average molecular weight is 340 g/mol. The van der Waals surface area contributed by atoms with E-state index in [4.69, 9.17) is 14.2 Å². The maximum atomic E-state index is 6.23. The molecule has 0 spiro atoms. The third-order valence-corrected chi connectivity index (χ3v) is 4.71. The van der Waals surface area contributed by atoms with Crippen LogP contribution in [-0.4, -0.2) is 19.5 Å². The number of hydrogen-bond donors (Lipinski definition) is 0. The zero-order chi connectivity index (χ0) is 17.5. The van der Waals surface area contributed by atoms with E-state index in [2.05, 4.69) is 38.1 Å². The standard InChI is InChI=1S/C22H28O3/c1-17(2)19-8-10-21(11-9-19)25-22(20-12-14-23-15-13-20)24-16-18-6-4-3-5-7-18/h3-11,17,20,22H,12-16H2,1-2H3. The molecule has 0 saturated carbocycles. The van der Waals surface area contributed by atoms with Crippen LogP contribution in [0.5, 0.6) is 5.75 Å². The van der Waals surface area contributed by atoms with Crippen LogP contribution in [0.1, 0.15) is 43.7 Å². The lowest BCUT2D eigenvalue weighted by atomic mass is 9.99. The molecular formula is C22H28O3. The topological polar surface area (TPSA) is 27.7 Å². The summed E-state index contributed by atoms with van der Waals surface area (Å²) in [5.41, 5.74) is 2.48. The fourth-order valence-electron chi connectivity index (χ4n) is 3.07. The Kier molecular flexibility index (Phi) is 6.48. The summed E-state index contributed by atoms with van der Waals surface area (Å²) in [6.45, 7) is 6.53. The van der Waals surface area contributed by atoms with Crippen molar-refractivity contribution in [1.29, 1.82) is 0 Å². The van der Waals surface area contributed by atoms with Crippen LogP contribution >= 0.6 is 0 Å². The fourth-order valence-corrected chi connectivity index (χ4v) is 3.07. The van der Waals surface area contributed by atoms with Gasteiger partial charge in [-0.2, -0.15) is 0 Å². The van der Waals surface area contributed by atoms with Crippen LogP contribution in [0.2, 0.25) is 0 Å². The minimum Gasteiger partial charge on any atom is -0.465 e. The van der Waals surface area contributed by atoms with E-state index in [-0.39, 0.29) is 6.29 Å². The number of benzene rings is 2. The molecule has 0 bridgehead atoms. The highest BCUT2D eigenvalue weighted by atomic mass is 16.7. The summed E-state index contributed by atoms with van der Waals surface area (Å²) in [5.74, 6) is 1.76. The third-order valence-electron chi connectivity index (χ3n) is 4.71. The molecule has 1 aliphatic rings. The molecule has 0 aliphatic carbocycles. The number of hydrogen-bond acceptors (Lipinski definition) is 3. The first kappa shape index (κ1) is 18.0. The van der Waals surface area contributed by atoms with Gasteiger partial charge in [-0.15, -0.1) is 0 Å². The van der Waals surface area contributed by atoms with Gasteiger partial charge in [0.2, 0.25) is 6.29 Å². The van der Waals surface area contributed by atoms with Crippen molar-refractivity contribution in [3.05, 3.63) is 65.7 Å². The maximum Gasteiger partial charge on any atom is 0.203 e. The van der Waals surface area contributed by atoms with Gasteiger partial charge in [0.05, 0.1) is 6.61 Å². The molecule has 3 rings (SSSR count). The first-order chi connectivity index (χ1) is 12.2. The highest BCUT2D eigenvalue weighted by Gasteiger charge is 2.26. The Morgan fingerprint density at radius 2 is 1.64 bits per heavy atom. The molecule has 0 aromatic heterocycles. The Hall–Kier alpha value is -1.84. The zero-order valence-corrected chi connectivity index (χ0v) is 15.2. The molecular weight excluding hydrogens is 312 g/mol. The quantitative estimate of drug-likeness (QED) is 0.652. The van der Waals surface area contributed by atoms with Crippen molar-refractivity contribution in [2.75, 3.05) is 13.2 Å². The number of ether oxygens (including phenoxy) is 3. The van der Waals surface area contributed by atoms with Gasteiger partial charge < -0.3 is 14.2 Å². The van der Waals surface area contributed by atoms with E-state index in [1.165, 1.54) is 11.1 Å². The zero-order valence-electron chi connectivity index (χ0n) is 15.2. The van der Waals surface area contributed by atoms with Crippen molar-refractivity contribution in [2.45, 2.75) is 45.5 Å². The van der Waals surface area contributed by atoms with Gasteiger partial charge in [-0.05, 0) is 42.0 Å². The predicted octanol–water partition coefficient (Wildman–Crippen LogP) is 5.16. The van der Waals surface area contributed by atoms with Crippen LogP contribution in [-0.2, 0) is 16.1 Å². The fraction of sp³-hybridized carbons (Fsp3) is 0.455. The van der Waals surface area contributed by atoms with E-state index in [1.807, 2.05) is 30.3 Å². The van der Waals surface area contributed by atoms with Crippen LogP contribution in [0.4, 0.5) is 0 Å². The van der Waals surface area contributed by atoms with Crippen LogP contribution in [0.15, 0.2) is 54.6 Å². The molecule has 1 atom stereocenters. The highest BCUT2D eigenvalue weighted by Crippen LogP contribution is 2.26. The van der Waals surface area contributed by atoms with Gasteiger partial charge in [-0.25, -0.2) is 0 Å². The largest absolute Gasteiger partial charge is 0.465 e. The molecule has 134 valence electrons. The van der Waals surface area contributed by atoms with Gasteiger partial charge in [0.25, 0.3) is 0 Å². The lowest BCUT2D eigenvalue weighted by Gasteiger charge is -2.30. The summed E-state index contributed by atoms with van der Waals surface area (Å²) in [4.78, 5) is 0. The van der Waals surface area contributed by atoms with E-state index in [9.17, 15) is 0 Å². The first-order valence-corrected chi connectivity index (χ1v) is 9.22. The molecule has 0 amide bonds. The van der Waals surface area contributed by atoms with Crippen molar-refractivity contribution < 1.29 is 14.2 Å². The second kappa shape index (κ2) is 9.02. The van der Waals surface area contributed by atoms with Gasteiger partial charge in [-0.3, -0.25) is 0 Å². The summed E-state index contributed by atoms with van der Waals surface area (Å²) < 4.78 is 17.9. The molecule has 1 fully saturated rings. The summed E-state index contributed by atoms with van der Waals surface area (Å²) >= 11 is 0. The summed E-state index contributed by atoms with van der Waals surface area (Å²) in [6, 6.07) is 18.6. The molecule has 25 heavy (non-hydrogen) atoms. The second-order valence-corrected chi connectivity index (χ2v) is 6.96. The Bertz CT molecular complexity index is 615. The lowest BCUT2D eigenvalue weighted by molar-refractivity contribution is -0.142. The summed E-state index contributed by atoms with van der Waals surface area (Å²) in [7, 11) is 0. The molecule has 1 saturated heterocycles. The Morgan fingerprint density at radius 1 is 0.960 bits per heavy atom. The van der Waals surface area contributed by atoms with Gasteiger partial charge in [-0.1, -0.05) is 56.3 Å². The maximum absolute atomic E-state index is 6.23. The SMILES string of the molecule is CC(C)c1ccc(OC(OCc2ccccc2)C2CCOCC2)cc1. The summed E-state index contributed by atoms with van der Waals surface area (Å²) in [5, 5.41) is 0. The van der Waals surface area contributed by atoms with E-state index < -0.39 is 0 Å². The van der Waals surface area contributed by atoms with Gasteiger partial charge >= 0.3 is 0 Å². The molecule has 1 aliphatic heterocycles. The van der Waals surface area contributed by atoms with Crippen molar-refractivity contribution in [3.63, 3.8) is 0 Å². The van der Waals surface area contributed by atoms with Crippen molar-refractivity contribution in [1.82, 2.24) is 0 Å². The molecule has 2 aromatic rings. The number of rotatable bonds is 7. The normalized spacial score (nSPS) is 16.8. The van der Waals surface area contributed by atoms with Gasteiger partial charge in [0.1, 0.15) is 5.75 Å². The van der Waals surface area contributed by atoms with Crippen molar-refractivity contribution in [2.24, 2.45) is 5.92 Å². The molecule has 2 aromatic carbocycles. The molecule has 1 unspecified atom stereocenters. The Labute approximate surface area is 150 Å². The van der Waals surface area contributed by atoms with Gasteiger partial charge in [0, 0.05) is 19.1 Å². The molecule has 0 radical (unpaired) electrons. The second-order valence-electron chi connectivity index (χ2n) is 6.96. The van der Waals surface area contributed by atoms with Gasteiger partial charge in [0.15, 0.2) is 0 Å². The van der Waals surface area contributed by atoms with E-state index in [0.29, 0.717) is 18.4 Å². The van der Waals surface area contributed by atoms with Crippen LogP contribution in [0.3, 0.4) is 0 Å².